The zero-order chi connectivity index (χ0) is 12.8. The average Bonchev–Trinajstić information content (AvgIpc) is 2.31. The summed E-state index contributed by atoms with van der Waals surface area (Å²) in [5.74, 6) is 0.556. The Morgan fingerprint density at radius 1 is 1.29 bits per heavy atom. The lowest BCUT2D eigenvalue weighted by molar-refractivity contribution is 0.461. The molecule has 0 saturated carbocycles. The van der Waals surface area contributed by atoms with Crippen molar-refractivity contribution in [3.8, 4) is 0 Å². The van der Waals surface area contributed by atoms with E-state index in [-0.39, 0.29) is 5.82 Å². The van der Waals surface area contributed by atoms with Gasteiger partial charge in [-0.15, -0.1) is 0 Å². The Morgan fingerprint density at radius 3 is 2.53 bits per heavy atom. The molecule has 0 spiro atoms. The van der Waals surface area contributed by atoms with E-state index >= 15 is 0 Å². The molecule has 1 aromatic carbocycles. The van der Waals surface area contributed by atoms with Crippen LogP contribution in [-0.2, 0) is 0 Å². The quantitative estimate of drug-likeness (QED) is 0.708. The summed E-state index contributed by atoms with van der Waals surface area (Å²) in [5.41, 5.74) is 1.04. The molecular weight excluding hydrogens is 328 g/mol. The van der Waals surface area contributed by atoms with E-state index in [1.165, 1.54) is 18.9 Å². The molecular formula is C14H21FIN. The average molecular weight is 349 g/mol. The minimum atomic E-state index is -0.171. The number of anilines is 1. The van der Waals surface area contributed by atoms with Gasteiger partial charge in [-0.05, 0) is 59.5 Å². The van der Waals surface area contributed by atoms with Gasteiger partial charge in [0.25, 0.3) is 0 Å². The zero-order valence-electron chi connectivity index (χ0n) is 10.8. The summed E-state index contributed by atoms with van der Waals surface area (Å²) in [6.07, 6.45) is 3.47. The van der Waals surface area contributed by atoms with Crippen LogP contribution in [0.25, 0.3) is 0 Å². The maximum Gasteiger partial charge on any atom is 0.124 e. The van der Waals surface area contributed by atoms with Crippen molar-refractivity contribution in [2.75, 3.05) is 5.32 Å². The number of rotatable bonds is 6. The van der Waals surface area contributed by atoms with Gasteiger partial charge in [0.1, 0.15) is 5.82 Å². The number of hydrogen-bond donors (Lipinski definition) is 1. The smallest absolute Gasteiger partial charge is 0.124 e. The molecule has 2 unspecified atom stereocenters. The molecule has 1 N–H and O–H groups in total. The lowest BCUT2D eigenvalue weighted by atomic mass is 9.97. The van der Waals surface area contributed by atoms with Gasteiger partial charge in [-0.25, -0.2) is 4.39 Å². The van der Waals surface area contributed by atoms with Crippen molar-refractivity contribution in [2.24, 2.45) is 5.92 Å². The van der Waals surface area contributed by atoms with Crippen LogP contribution in [0.2, 0.25) is 0 Å². The van der Waals surface area contributed by atoms with Crippen molar-refractivity contribution in [1.29, 1.82) is 0 Å². The van der Waals surface area contributed by atoms with Crippen LogP contribution in [-0.4, -0.2) is 6.04 Å². The lowest BCUT2D eigenvalue weighted by Gasteiger charge is -2.22. The van der Waals surface area contributed by atoms with Crippen LogP contribution in [0.1, 0.15) is 40.0 Å². The highest BCUT2D eigenvalue weighted by atomic mass is 127. The van der Waals surface area contributed by atoms with Gasteiger partial charge in [0, 0.05) is 15.3 Å². The first-order chi connectivity index (χ1) is 8.06. The SMILES string of the molecule is CCC(C)CC(CC)Nc1ccc(F)cc1I. The maximum absolute atomic E-state index is 13.0. The molecule has 1 rings (SSSR count). The van der Waals surface area contributed by atoms with Crippen molar-refractivity contribution >= 4 is 28.3 Å². The van der Waals surface area contributed by atoms with Gasteiger partial charge in [-0.1, -0.05) is 27.2 Å². The molecule has 2 atom stereocenters. The summed E-state index contributed by atoms with van der Waals surface area (Å²) in [6, 6.07) is 5.39. The Balaban J connectivity index is 2.67. The van der Waals surface area contributed by atoms with Crippen molar-refractivity contribution in [3.05, 3.63) is 27.6 Å². The van der Waals surface area contributed by atoms with Crippen LogP contribution in [0.4, 0.5) is 10.1 Å². The second-order valence-electron chi connectivity index (χ2n) is 4.62. The fraction of sp³-hybridized carbons (Fsp3) is 0.571. The van der Waals surface area contributed by atoms with Crippen LogP contribution in [0.3, 0.4) is 0 Å². The largest absolute Gasteiger partial charge is 0.381 e. The van der Waals surface area contributed by atoms with Crippen molar-refractivity contribution in [2.45, 2.75) is 46.1 Å². The van der Waals surface area contributed by atoms with Gasteiger partial charge in [0.05, 0.1) is 0 Å². The monoisotopic (exact) mass is 349 g/mol. The number of hydrogen-bond acceptors (Lipinski definition) is 1. The molecule has 1 nitrogen and oxygen atoms in total. The van der Waals surface area contributed by atoms with E-state index < -0.39 is 0 Å². The summed E-state index contributed by atoms with van der Waals surface area (Å²) in [7, 11) is 0. The topological polar surface area (TPSA) is 12.0 Å². The minimum Gasteiger partial charge on any atom is -0.381 e. The molecule has 0 saturated heterocycles. The van der Waals surface area contributed by atoms with E-state index in [1.807, 2.05) is 6.07 Å². The Labute approximate surface area is 117 Å². The Morgan fingerprint density at radius 2 is 2.00 bits per heavy atom. The maximum atomic E-state index is 13.0. The third kappa shape index (κ3) is 4.82. The van der Waals surface area contributed by atoms with Crippen molar-refractivity contribution < 1.29 is 4.39 Å². The predicted molar refractivity (Wildman–Crippen MR) is 80.9 cm³/mol. The summed E-state index contributed by atoms with van der Waals surface area (Å²) in [6.45, 7) is 6.69. The van der Waals surface area contributed by atoms with Crippen LogP contribution in [0.5, 0.6) is 0 Å². The second kappa shape index (κ2) is 7.19. The van der Waals surface area contributed by atoms with E-state index in [0.717, 1.165) is 21.6 Å². The van der Waals surface area contributed by atoms with E-state index in [4.69, 9.17) is 0 Å². The van der Waals surface area contributed by atoms with E-state index in [1.54, 1.807) is 6.07 Å². The molecule has 0 amide bonds. The van der Waals surface area contributed by atoms with E-state index in [0.29, 0.717) is 6.04 Å². The summed E-state index contributed by atoms with van der Waals surface area (Å²) in [4.78, 5) is 0. The van der Waals surface area contributed by atoms with Crippen molar-refractivity contribution in [1.82, 2.24) is 0 Å². The normalized spacial score (nSPS) is 14.4. The Bertz CT molecular complexity index is 354. The number of benzene rings is 1. The summed E-state index contributed by atoms with van der Waals surface area (Å²) in [5, 5.41) is 3.52. The third-order valence-electron chi connectivity index (χ3n) is 3.17. The summed E-state index contributed by atoms with van der Waals surface area (Å²) < 4.78 is 13.9. The van der Waals surface area contributed by atoms with Gasteiger partial charge < -0.3 is 5.32 Å². The molecule has 0 aliphatic rings. The fourth-order valence-electron chi connectivity index (χ4n) is 1.81. The van der Waals surface area contributed by atoms with Crippen LogP contribution >= 0.6 is 22.6 Å². The van der Waals surface area contributed by atoms with Gasteiger partial charge in [-0.2, -0.15) is 0 Å². The third-order valence-corrected chi connectivity index (χ3v) is 4.06. The minimum absolute atomic E-state index is 0.171. The lowest BCUT2D eigenvalue weighted by Crippen LogP contribution is -2.21. The molecule has 0 radical (unpaired) electrons. The molecule has 0 bridgehead atoms. The number of halogens is 2. The Hall–Kier alpha value is -0.320. The molecule has 1 aromatic rings. The fourth-order valence-corrected chi connectivity index (χ4v) is 2.44. The second-order valence-corrected chi connectivity index (χ2v) is 5.78. The first kappa shape index (κ1) is 14.7. The zero-order valence-corrected chi connectivity index (χ0v) is 12.9. The van der Waals surface area contributed by atoms with E-state index in [2.05, 4.69) is 48.7 Å². The highest BCUT2D eigenvalue weighted by Gasteiger charge is 2.11. The van der Waals surface area contributed by atoms with Crippen LogP contribution < -0.4 is 5.32 Å². The molecule has 0 aliphatic heterocycles. The first-order valence-corrected chi connectivity index (χ1v) is 7.36. The molecule has 0 heterocycles. The molecule has 0 aliphatic carbocycles. The van der Waals surface area contributed by atoms with Gasteiger partial charge in [0.15, 0.2) is 0 Å². The van der Waals surface area contributed by atoms with Crippen LogP contribution in [0, 0.1) is 15.3 Å². The molecule has 96 valence electrons. The Kier molecular flexibility index (Phi) is 6.23. The molecule has 17 heavy (non-hydrogen) atoms. The van der Waals surface area contributed by atoms with E-state index in [9.17, 15) is 4.39 Å². The van der Waals surface area contributed by atoms with Gasteiger partial charge >= 0.3 is 0 Å². The van der Waals surface area contributed by atoms with Crippen LogP contribution in [0.15, 0.2) is 18.2 Å². The summed E-state index contributed by atoms with van der Waals surface area (Å²) >= 11 is 2.18. The highest BCUT2D eigenvalue weighted by molar-refractivity contribution is 14.1. The standard InChI is InChI=1S/C14H21FIN/c1-4-10(3)8-12(5-2)17-14-7-6-11(15)9-13(14)16/h6-7,9-10,12,17H,4-5,8H2,1-3H3. The first-order valence-electron chi connectivity index (χ1n) is 6.28. The highest BCUT2D eigenvalue weighted by Crippen LogP contribution is 2.22. The van der Waals surface area contributed by atoms with Gasteiger partial charge in [0.2, 0.25) is 0 Å². The van der Waals surface area contributed by atoms with Gasteiger partial charge in [-0.3, -0.25) is 0 Å². The molecule has 3 heteroatoms. The number of nitrogens with one attached hydrogen (secondary N) is 1. The molecule has 0 aromatic heterocycles. The predicted octanol–water partition coefficient (Wildman–Crippen LogP) is 5.06. The van der Waals surface area contributed by atoms with Crippen molar-refractivity contribution in [3.63, 3.8) is 0 Å². The molecule has 0 fully saturated rings.